The highest BCUT2D eigenvalue weighted by atomic mass is 16.7. The number of unbranched alkanes of at least 4 members (excludes halogenated alkanes) is 15. The number of allylic oxidation sites excluding steroid dienone is 2. The summed E-state index contributed by atoms with van der Waals surface area (Å²) in [6, 6.07) is 0. The van der Waals surface area contributed by atoms with Gasteiger partial charge in [-0.25, -0.2) is 0 Å². The van der Waals surface area contributed by atoms with Gasteiger partial charge in [-0.15, -0.1) is 0 Å². The fourth-order valence-corrected chi connectivity index (χ4v) is 4.17. The minimum atomic E-state index is 0.0765. The van der Waals surface area contributed by atoms with Gasteiger partial charge < -0.3 is 9.47 Å². The molecule has 1 fully saturated rings. The first-order valence-corrected chi connectivity index (χ1v) is 13.3. The van der Waals surface area contributed by atoms with Gasteiger partial charge in [-0.05, 0) is 44.9 Å². The molecule has 1 aliphatic heterocycles. The zero-order chi connectivity index (χ0) is 20.8. The average Bonchev–Trinajstić information content (AvgIpc) is 3.18. The maximum absolute atomic E-state index is 6.09. The quantitative estimate of drug-likeness (QED) is 0.139. The normalized spacial score (nSPS) is 19.5. The van der Waals surface area contributed by atoms with Gasteiger partial charge in [-0.3, -0.25) is 0 Å². The van der Waals surface area contributed by atoms with Gasteiger partial charge in [-0.1, -0.05) is 109 Å². The predicted molar refractivity (Wildman–Crippen MR) is 127 cm³/mol. The molecule has 2 atom stereocenters. The van der Waals surface area contributed by atoms with Gasteiger partial charge in [0.25, 0.3) is 0 Å². The lowest BCUT2D eigenvalue weighted by molar-refractivity contribution is -0.0643. The highest BCUT2D eigenvalue weighted by Crippen LogP contribution is 2.22. The van der Waals surface area contributed by atoms with Crippen LogP contribution in [0.2, 0.25) is 0 Å². The van der Waals surface area contributed by atoms with Crippen molar-refractivity contribution in [2.24, 2.45) is 0 Å². The van der Waals surface area contributed by atoms with Crippen LogP contribution in [0.25, 0.3) is 0 Å². The number of ether oxygens (including phenoxy) is 2. The van der Waals surface area contributed by atoms with E-state index in [0.29, 0.717) is 6.10 Å². The molecule has 2 nitrogen and oxygen atoms in total. The van der Waals surface area contributed by atoms with Crippen LogP contribution in [0.3, 0.4) is 0 Å². The molecular formula is C27H52O2. The third-order valence-corrected chi connectivity index (χ3v) is 6.14. The van der Waals surface area contributed by atoms with Gasteiger partial charge >= 0.3 is 0 Å². The molecular weight excluding hydrogens is 356 g/mol. The molecule has 0 aliphatic carbocycles. The van der Waals surface area contributed by atoms with Gasteiger partial charge in [0, 0.05) is 0 Å². The molecule has 1 aliphatic rings. The van der Waals surface area contributed by atoms with Crippen LogP contribution in [0.5, 0.6) is 0 Å². The summed E-state index contributed by atoms with van der Waals surface area (Å²) in [7, 11) is 0. The maximum atomic E-state index is 6.09. The lowest BCUT2D eigenvalue weighted by Crippen LogP contribution is -2.12. The van der Waals surface area contributed by atoms with E-state index in [1.807, 2.05) is 0 Å². The molecule has 0 aromatic heterocycles. The summed E-state index contributed by atoms with van der Waals surface area (Å²) < 4.78 is 11.9. The zero-order valence-electron chi connectivity index (χ0n) is 20.0. The molecule has 0 saturated carbocycles. The molecule has 0 aromatic rings. The van der Waals surface area contributed by atoms with Crippen molar-refractivity contribution in [3.05, 3.63) is 12.2 Å². The Morgan fingerprint density at radius 2 is 1.07 bits per heavy atom. The first kappa shape index (κ1) is 26.7. The Labute approximate surface area is 183 Å². The summed E-state index contributed by atoms with van der Waals surface area (Å²) in [6.45, 7) is 5.38. The van der Waals surface area contributed by atoms with E-state index in [4.69, 9.17) is 9.47 Å². The minimum Gasteiger partial charge on any atom is -0.350 e. The van der Waals surface area contributed by atoms with Crippen LogP contribution in [0.15, 0.2) is 12.2 Å². The molecule has 0 radical (unpaired) electrons. The second-order valence-corrected chi connectivity index (χ2v) is 9.10. The van der Waals surface area contributed by atoms with Gasteiger partial charge in [-0.2, -0.15) is 0 Å². The summed E-state index contributed by atoms with van der Waals surface area (Å²) >= 11 is 0. The molecule has 0 spiro atoms. The molecule has 0 bridgehead atoms. The predicted octanol–water partition coefficient (Wildman–Crippen LogP) is 9.13. The van der Waals surface area contributed by atoms with E-state index in [1.165, 1.54) is 122 Å². The topological polar surface area (TPSA) is 18.5 Å². The van der Waals surface area contributed by atoms with Gasteiger partial charge in [0.1, 0.15) is 0 Å². The monoisotopic (exact) mass is 408 g/mol. The number of hydrogen-bond acceptors (Lipinski definition) is 2. The van der Waals surface area contributed by atoms with Crippen molar-refractivity contribution >= 4 is 0 Å². The van der Waals surface area contributed by atoms with Gasteiger partial charge in [0.15, 0.2) is 6.29 Å². The lowest BCUT2D eigenvalue weighted by atomic mass is 10.1. The van der Waals surface area contributed by atoms with Crippen molar-refractivity contribution in [3.8, 4) is 0 Å². The van der Waals surface area contributed by atoms with Gasteiger partial charge in [0.05, 0.1) is 12.7 Å². The maximum Gasteiger partial charge on any atom is 0.158 e. The molecule has 29 heavy (non-hydrogen) atoms. The first-order valence-electron chi connectivity index (χ1n) is 13.3. The van der Waals surface area contributed by atoms with E-state index >= 15 is 0 Å². The van der Waals surface area contributed by atoms with Crippen LogP contribution in [-0.4, -0.2) is 19.0 Å². The van der Waals surface area contributed by atoms with Crippen molar-refractivity contribution in [1.82, 2.24) is 0 Å². The van der Waals surface area contributed by atoms with Crippen molar-refractivity contribution in [3.63, 3.8) is 0 Å². The van der Waals surface area contributed by atoms with Crippen LogP contribution < -0.4 is 0 Å². The van der Waals surface area contributed by atoms with Gasteiger partial charge in [0.2, 0.25) is 0 Å². The second-order valence-electron chi connectivity index (χ2n) is 9.10. The SMILES string of the molecule is CCCCCCC=CCCCCCC1OCC(CCCCCCCCCCC)O1. The summed E-state index contributed by atoms with van der Waals surface area (Å²) in [5.41, 5.74) is 0. The fourth-order valence-electron chi connectivity index (χ4n) is 4.17. The largest absolute Gasteiger partial charge is 0.350 e. The third kappa shape index (κ3) is 17.1. The Hall–Kier alpha value is -0.340. The molecule has 2 unspecified atom stereocenters. The van der Waals surface area contributed by atoms with Crippen LogP contribution >= 0.6 is 0 Å². The molecule has 1 saturated heterocycles. The van der Waals surface area contributed by atoms with E-state index in [0.717, 1.165) is 13.0 Å². The molecule has 0 aromatic carbocycles. The standard InChI is InChI=1S/C27H52O2/c1-3-5-7-9-11-13-14-16-18-20-22-24-27-28-25-26(29-27)23-21-19-17-15-12-10-8-6-4-2/h13-14,26-27H,3-12,15-25H2,1-2H3. The fraction of sp³-hybridized carbons (Fsp3) is 0.926. The van der Waals surface area contributed by atoms with Crippen LogP contribution in [0.4, 0.5) is 0 Å². The molecule has 172 valence electrons. The first-order chi connectivity index (χ1) is 14.4. The Morgan fingerprint density at radius 1 is 0.586 bits per heavy atom. The number of hydrogen-bond donors (Lipinski definition) is 0. The third-order valence-electron chi connectivity index (χ3n) is 6.14. The van der Waals surface area contributed by atoms with Crippen molar-refractivity contribution in [2.45, 2.75) is 155 Å². The Morgan fingerprint density at radius 3 is 1.69 bits per heavy atom. The molecule has 2 heteroatoms. The second kappa shape index (κ2) is 20.9. The highest BCUT2D eigenvalue weighted by Gasteiger charge is 2.24. The van der Waals surface area contributed by atoms with Crippen molar-refractivity contribution < 1.29 is 9.47 Å². The zero-order valence-corrected chi connectivity index (χ0v) is 20.0. The highest BCUT2D eigenvalue weighted by molar-refractivity contribution is 4.81. The Kier molecular flexibility index (Phi) is 19.3. The van der Waals surface area contributed by atoms with Crippen LogP contribution in [-0.2, 0) is 9.47 Å². The van der Waals surface area contributed by atoms with Crippen LogP contribution in [0, 0.1) is 0 Å². The average molecular weight is 409 g/mol. The number of rotatable bonds is 21. The summed E-state index contributed by atoms with van der Waals surface area (Å²) in [6.07, 6.45) is 31.8. The lowest BCUT2D eigenvalue weighted by Gasteiger charge is -2.11. The van der Waals surface area contributed by atoms with E-state index in [1.54, 1.807) is 0 Å². The summed E-state index contributed by atoms with van der Waals surface area (Å²) in [5.74, 6) is 0. The van der Waals surface area contributed by atoms with Crippen LogP contribution in [0.1, 0.15) is 142 Å². The molecule has 1 heterocycles. The molecule has 0 amide bonds. The Balaban J connectivity index is 1.83. The molecule has 1 rings (SSSR count). The smallest absolute Gasteiger partial charge is 0.158 e. The summed E-state index contributed by atoms with van der Waals surface area (Å²) in [4.78, 5) is 0. The Bertz CT molecular complexity index is 352. The van der Waals surface area contributed by atoms with Crippen molar-refractivity contribution in [2.75, 3.05) is 6.61 Å². The van der Waals surface area contributed by atoms with Crippen molar-refractivity contribution in [1.29, 1.82) is 0 Å². The minimum absolute atomic E-state index is 0.0765. The summed E-state index contributed by atoms with van der Waals surface area (Å²) in [5, 5.41) is 0. The van der Waals surface area contributed by atoms with E-state index < -0.39 is 0 Å². The van der Waals surface area contributed by atoms with E-state index in [2.05, 4.69) is 26.0 Å². The van der Waals surface area contributed by atoms with E-state index in [-0.39, 0.29) is 6.29 Å². The van der Waals surface area contributed by atoms with E-state index in [9.17, 15) is 0 Å². The molecule has 0 N–H and O–H groups in total.